The average molecular weight is 241 g/mol. The topological polar surface area (TPSA) is 43.4 Å². The van der Waals surface area contributed by atoms with Crippen LogP contribution in [-0.4, -0.2) is 15.5 Å². The van der Waals surface area contributed by atoms with Gasteiger partial charge in [-0.2, -0.15) is 0 Å². The number of benzene rings is 1. The quantitative estimate of drug-likeness (QED) is 0.746. The molecular formula is C7H6Cl2O3S. The van der Waals surface area contributed by atoms with E-state index in [9.17, 15) is 8.42 Å². The Morgan fingerprint density at radius 2 is 2.00 bits per heavy atom. The second-order valence-corrected chi connectivity index (χ2v) is 5.18. The maximum absolute atomic E-state index is 10.9. The lowest BCUT2D eigenvalue weighted by atomic mass is 10.3. The van der Waals surface area contributed by atoms with Crippen molar-refractivity contribution in [2.45, 2.75) is 4.90 Å². The summed E-state index contributed by atoms with van der Waals surface area (Å²) in [5.74, 6) is 0.392. The third kappa shape index (κ3) is 2.49. The molecule has 0 saturated heterocycles. The van der Waals surface area contributed by atoms with Crippen molar-refractivity contribution in [3.8, 4) is 5.75 Å². The monoisotopic (exact) mass is 240 g/mol. The first-order valence-corrected chi connectivity index (χ1v) is 5.92. The van der Waals surface area contributed by atoms with Crippen LogP contribution in [0.1, 0.15) is 0 Å². The van der Waals surface area contributed by atoms with Gasteiger partial charge in [-0.25, -0.2) is 8.42 Å². The summed E-state index contributed by atoms with van der Waals surface area (Å²) in [6.45, 7) is 0. The molecule has 0 amide bonds. The number of halogens is 2. The van der Waals surface area contributed by atoms with Crippen molar-refractivity contribution in [3.05, 3.63) is 23.2 Å². The zero-order valence-electron chi connectivity index (χ0n) is 6.62. The average Bonchev–Trinajstić information content (AvgIpc) is 2.03. The van der Waals surface area contributed by atoms with Crippen molar-refractivity contribution < 1.29 is 13.2 Å². The molecule has 3 nitrogen and oxygen atoms in total. The van der Waals surface area contributed by atoms with Crippen LogP contribution in [0.4, 0.5) is 0 Å². The molecule has 0 bridgehead atoms. The molecule has 72 valence electrons. The van der Waals surface area contributed by atoms with Gasteiger partial charge in [0.05, 0.1) is 12.1 Å². The van der Waals surface area contributed by atoms with Gasteiger partial charge in [0.1, 0.15) is 10.6 Å². The molecule has 0 unspecified atom stereocenters. The van der Waals surface area contributed by atoms with E-state index in [0.29, 0.717) is 5.75 Å². The van der Waals surface area contributed by atoms with Gasteiger partial charge >= 0.3 is 0 Å². The summed E-state index contributed by atoms with van der Waals surface area (Å²) in [6.07, 6.45) is 0. The highest BCUT2D eigenvalue weighted by Gasteiger charge is 2.15. The van der Waals surface area contributed by atoms with Crippen molar-refractivity contribution in [3.63, 3.8) is 0 Å². The second kappa shape index (κ2) is 3.74. The fourth-order valence-corrected chi connectivity index (χ4v) is 2.28. The molecule has 6 heteroatoms. The zero-order valence-corrected chi connectivity index (χ0v) is 8.95. The normalized spacial score (nSPS) is 11.3. The summed E-state index contributed by atoms with van der Waals surface area (Å²) < 4.78 is 26.7. The number of ether oxygens (including phenoxy) is 1. The van der Waals surface area contributed by atoms with Crippen molar-refractivity contribution in [2.75, 3.05) is 7.11 Å². The van der Waals surface area contributed by atoms with E-state index in [1.165, 1.54) is 19.2 Å². The molecular weight excluding hydrogens is 235 g/mol. The Kier molecular flexibility index (Phi) is 3.05. The Balaban J connectivity index is 3.36. The van der Waals surface area contributed by atoms with Crippen molar-refractivity contribution in [1.82, 2.24) is 0 Å². The maximum Gasteiger partial charge on any atom is 0.262 e. The van der Waals surface area contributed by atoms with E-state index in [1.54, 1.807) is 6.07 Å². The molecule has 1 aromatic carbocycles. The lowest BCUT2D eigenvalue weighted by Gasteiger charge is -2.03. The predicted octanol–water partition coefficient (Wildman–Crippen LogP) is 2.28. The van der Waals surface area contributed by atoms with Gasteiger partial charge in [0.15, 0.2) is 0 Å². The lowest BCUT2D eigenvalue weighted by molar-refractivity contribution is 0.413. The van der Waals surface area contributed by atoms with Gasteiger partial charge in [0.25, 0.3) is 9.05 Å². The first-order valence-electron chi connectivity index (χ1n) is 3.23. The van der Waals surface area contributed by atoms with E-state index in [2.05, 4.69) is 0 Å². The molecule has 0 heterocycles. The molecule has 0 aliphatic heterocycles. The maximum atomic E-state index is 10.9. The van der Waals surface area contributed by atoms with Gasteiger partial charge < -0.3 is 4.74 Å². The largest absolute Gasteiger partial charge is 0.497 e. The molecule has 0 saturated carbocycles. The van der Waals surface area contributed by atoms with E-state index in [-0.39, 0.29) is 9.92 Å². The fourth-order valence-electron chi connectivity index (χ4n) is 0.798. The van der Waals surface area contributed by atoms with Gasteiger partial charge in [0.2, 0.25) is 0 Å². The highest BCUT2D eigenvalue weighted by molar-refractivity contribution is 8.13. The van der Waals surface area contributed by atoms with Gasteiger partial charge in [0, 0.05) is 16.7 Å². The molecule has 1 rings (SSSR count). The van der Waals surface area contributed by atoms with E-state index < -0.39 is 9.05 Å². The van der Waals surface area contributed by atoms with Crippen LogP contribution >= 0.6 is 22.3 Å². The Labute approximate surface area is 85.6 Å². The van der Waals surface area contributed by atoms with E-state index in [0.717, 1.165) is 0 Å². The van der Waals surface area contributed by atoms with Gasteiger partial charge in [-0.1, -0.05) is 11.6 Å². The number of hydrogen-bond acceptors (Lipinski definition) is 3. The lowest BCUT2D eigenvalue weighted by Crippen LogP contribution is -1.93. The predicted molar refractivity (Wildman–Crippen MR) is 51.0 cm³/mol. The molecule has 1 aromatic rings. The van der Waals surface area contributed by atoms with Gasteiger partial charge in [-0.05, 0) is 12.1 Å². The molecule has 0 aliphatic rings. The van der Waals surface area contributed by atoms with Gasteiger partial charge in [-0.15, -0.1) is 0 Å². The van der Waals surface area contributed by atoms with Crippen LogP contribution in [0.3, 0.4) is 0 Å². The molecule has 0 atom stereocenters. The SMILES string of the molecule is COc1ccc(Cl)c(S(=O)(=O)Cl)c1. The van der Waals surface area contributed by atoms with E-state index in [4.69, 9.17) is 27.0 Å². The Bertz CT molecular complexity index is 414. The highest BCUT2D eigenvalue weighted by Crippen LogP contribution is 2.28. The molecule has 0 radical (unpaired) electrons. The van der Waals surface area contributed by atoms with Crippen LogP contribution in [-0.2, 0) is 9.05 Å². The number of hydrogen-bond donors (Lipinski definition) is 0. The van der Waals surface area contributed by atoms with Crippen molar-refractivity contribution in [1.29, 1.82) is 0 Å². The third-order valence-corrected chi connectivity index (χ3v) is 3.20. The van der Waals surface area contributed by atoms with Crippen LogP contribution < -0.4 is 4.74 Å². The fraction of sp³-hybridized carbons (Fsp3) is 0.143. The molecule has 0 aliphatic carbocycles. The number of methoxy groups -OCH3 is 1. The minimum Gasteiger partial charge on any atom is -0.497 e. The summed E-state index contributed by atoms with van der Waals surface area (Å²) >= 11 is 5.62. The van der Waals surface area contributed by atoms with E-state index >= 15 is 0 Å². The molecule has 0 spiro atoms. The Morgan fingerprint density at radius 3 is 2.46 bits per heavy atom. The standard InChI is InChI=1S/C7H6Cl2O3S/c1-12-5-2-3-6(8)7(4-5)13(9,10)11/h2-4H,1H3. The Hall–Kier alpha value is -0.450. The second-order valence-electron chi connectivity index (χ2n) is 2.23. The number of rotatable bonds is 2. The highest BCUT2D eigenvalue weighted by atomic mass is 35.7. The molecule has 0 aromatic heterocycles. The van der Waals surface area contributed by atoms with Crippen molar-refractivity contribution >= 4 is 31.3 Å². The summed E-state index contributed by atoms with van der Waals surface area (Å²) in [6, 6.07) is 4.23. The van der Waals surface area contributed by atoms with Crippen LogP contribution in [0.15, 0.2) is 23.1 Å². The Morgan fingerprint density at radius 1 is 1.38 bits per heavy atom. The molecule has 13 heavy (non-hydrogen) atoms. The van der Waals surface area contributed by atoms with Crippen molar-refractivity contribution in [2.24, 2.45) is 0 Å². The van der Waals surface area contributed by atoms with Gasteiger partial charge in [-0.3, -0.25) is 0 Å². The van der Waals surface area contributed by atoms with Crippen LogP contribution in [0.2, 0.25) is 5.02 Å². The summed E-state index contributed by atoms with van der Waals surface area (Å²) in [5, 5.41) is 0.0794. The molecule has 0 N–H and O–H groups in total. The van der Waals surface area contributed by atoms with Crippen LogP contribution in [0, 0.1) is 0 Å². The minimum absolute atomic E-state index is 0.0794. The van der Waals surface area contributed by atoms with Crippen LogP contribution in [0.25, 0.3) is 0 Å². The van der Waals surface area contributed by atoms with Crippen LogP contribution in [0.5, 0.6) is 5.75 Å². The first-order chi connectivity index (χ1) is 5.95. The third-order valence-electron chi connectivity index (χ3n) is 1.40. The zero-order chi connectivity index (χ0) is 10.1. The smallest absolute Gasteiger partial charge is 0.262 e. The summed E-state index contributed by atoms with van der Waals surface area (Å²) in [5.41, 5.74) is 0. The first kappa shape index (κ1) is 10.6. The van der Waals surface area contributed by atoms with E-state index in [1.807, 2.05) is 0 Å². The molecule has 0 fully saturated rings. The summed E-state index contributed by atoms with van der Waals surface area (Å²) in [4.78, 5) is -0.143. The summed E-state index contributed by atoms with van der Waals surface area (Å²) in [7, 11) is 2.74. The minimum atomic E-state index is -3.81.